The number of ether oxygens (including phenoxy) is 2. The highest BCUT2D eigenvalue weighted by molar-refractivity contribution is 6.06. The first kappa shape index (κ1) is 25.1. The molecule has 0 saturated heterocycles. The topological polar surface area (TPSA) is 43.2 Å². The summed E-state index contributed by atoms with van der Waals surface area (Å²) in [7, 11) is 0. The smallest absolute Gasteiger partial charge is 0.200 e. The Morgan fingerprint density at radius 3 is 1.10 bits per heavy atom. The third kappa shape index (κ3) is 4.65. The Labute approximate surface area is 231 Å². The van der Waals surface area contributed by atoms with Gasteiger partial charge in [0.1, 0.15) is 17.5 Å². The van der Waals surface area contributed by atoms with E-state index < -0.39 is 5.41 Å². The van der Waals surface area contributed by atoms with Crippen LogP contribution in [0.2, 0.25) is 0 Å². The molecule has 0 aliphatic carbocycles. The first-order chi connectivity index (χ1) is 19.2. The van der Waals surface area contributed by atoms with Crippen LogP contribution in [0.25, 0.3) is 0 Å². The molecule has 4 heteroatoms. The number of aliphatic imine (C=N–C) groups is 2. The molecule has 4 nitrogen and oxygen atoms in total. The highest BCUT2D eigenvalue weighted by atomic mass is 16.5. The second-order valence-corrected chi connectivity index (χ2v) is 10.3. The summed E-state index contributed by atoms with van der Waals surface area (Å²) in [4.78, 5) is 10.6. The summed E-state index contributed by atoms with van der Waals surface area (Å²) in [6.07, 6.45) is 1.12. The van der Waals surface area contributed by atoms with E-state index in [1.165, 1.54) is 0 Å². The third-order valence-electron chi connectivity index (χ3n) is 8.13. The lowest BCUT2D eigenvalue weighted by molar-refractivity contribution is 0.152. The number of hydrogen-bond acceptors (Lipinski definition) is 4. The van der Waals surface area contributed by atoms with E-state index in [0.29, 0.717) is 0 Å². The molecule has 4 aromatic rings. The zero-order valence-corrected chi connectivity index (χ0v) is 22.5. The predicted octanol–water partition coefficient (Wildman–Crippen LogP) is 8.62. The molecular weight excluding hydrogens is 480 g/mol. The average molecular weight is 515 g/mol. The van der Waals surface area contributed by atoms with Crippen molar-refractivity contribution in [1.82, 2.24) is 0 Å². The van der Waals surface area contributed by atoms with Crippen molar-refractivity contribution in [2.75, 3.05) is 0 Å². The van der Waals surface area contributed by atoms with E-state index in [4.69, 9.17) is 19.5 Å². The molecule has 196 valence electrons. The fraction of sp³-hybridized carbons (Fsp3) is 0.257. The first-order valence-corrected chi connectivity index (χ1v) is 13.9. The van der Waals surface area contributed by atoms with Crippen LogP contribution in [0.3, 0.4) is 0 Å². The van der Waals surface area contributed by atoms with Crippen LogP contribution < -0.4 is 0 Å². The fourth-order valence-corrected chi connectivity index (χ4v) is 5.82. The van der Waals surface area contributed by atoms with E-state index in [1.807, 2.05) is 24.3 Å². The van der Waals surface area contributed by atoms with Crippen molar-refractivity contribution in [2.45, 2.75) is 51.0 Å². The van der Waals surface area contributed by atoms with Gasteiger partial charge in [0.25, 0.3) is 0 Å². The van der Waals surface area contributed by atoms with E-state index >= 15 is 0 Å². The number of rotatable bonds is 8. The van der Waals surface area contributed by atoms with E-state index in [2.05, 4.69) is 111 Å². The molecule has 0 aromatic heterocycles. The van der Waals surface area contributed by atoms with Crippen molar-refractivity contribution in [3.63, 3.8) is 0 Å². The maximum absolute atomic E-state index is 6.85. The highest BCUT2D eigenvalue weighted by Crippen LogP contribution is 2.50. The first-order valence-electron chi connectivity index (χ1n) is 13.9. The quantitative estimate of drug-likeness (QED) is 0.236. The molecule has 4 aromatic carbocycles. The minimum Gasteiger partial charge on any atom is -0.469 e. The molecule has 6 rings (SSSR count). The van der Waals surface area contributed by atoms with Crippen molar-refractivity contribution in [3.8, 4) is 0 Å². The summed E-state index contributed by atoms with van der Waals surface area (Å²) in [6.45, 7) is 4.37. The van der Waals surface area contributed by atoms with Gasteiger partial charge >= 0.3 is 0 Å². The second-order valence-electron chi connectivity index (χ2n) is 10.3. The molecule has 0 spiro atoms. The van der Waals surface area contributed by atoms with Gasteiger partial charge in [0.2, 0.25) is 11.8 Å². The summed E-state index contributed by atoms with van der Waals surface area (Å²) in [6, 6.07) is 41.4. The van der Waals surface area contributed by atoms with Gasteiger partial charge in [0, 0.05) is 0 Å². The van der Waals surface area contributed by atoms with Crippen molar-refractivity contribution in [3.05, 3.63) is 144 Å². The third-order valence-corrected chi connectivity index (χ3v) is 8.13. The monoisotopic (exact) mass is 514 g/mol. The van der Waals surface area contributed by atoms with Crippen LogP contribution in [-0.2, 0) is 9.47 Å². The second kappa shape index (κ2) is 10.9. The Balaban J connectivity index is 1.43. The van der Waals surface area contributed by atoms with E-state index in [-0.39, 0.29) is 24.3 Å². The van der Waals surface area contributed by atoms with Crippen molar-refractivity contribution in [1.29, 1.82) is 0 Å². The molecule has 0 bridgehead atoms. The molecule has 0 saturated carbocycles. The molecule has 2 heterocycles. The normalized spacial score (nSPS) is 22.5. The van der Waals surface area contributed by atoms with Gasteiger partial charge in [0.05, 0.1) is 0 Å². The Morgan fingerprint density at radius 1 is 0.487 bits per heavy atom. The van der Waals surface area contributed by atoms with E-state index in [0.717, 1.165) is 46.9 Å². The van der Waals surface area contributed by atoms with Crippen LogP contribution in [0.1, 0.15) is 73.2 Å². The largest absolute Gasteiger partial charge is 0.469 e. The summed E-state index contributed by atoms with van der Waals surface area (Å²) in [5.74, 6) is 1.43. The van der Waals surface area contributed by atoms with E-state index in [9.17, 15) is 0 Å². The Kier molecular flexibility index (Phi) is 7.02. The molecule has 0 N–H and O–H groups in total. The Hall–Kier alpha value is -4.18. The van der Waals surface area contributed by atoms with Gasteiger partial charge in [-0.1, -0.05) is 135 Å². The summed E-state index contributed by atoms with van der Waals surface area (Å²) in [5, 5.41) is 0. The molecule has 0 radical (unpaired) electrons. The Morgan fingerprint density at radius 2 is 0.795 bits per heavy atom. The average Bonchev–Trinajstić information content (AvgIpc) is 3.67. The number of benzene rings is 4. The molecule has 0 fully saturated rings. The van der Waals surface area contributed by atoms with Gasteiger partial charge in [-0.3, -0.25) is 0 Å². The standard InChI is InChI=1S/C35H34N2O2/c1-3-35(4-2,33-36-29(25-17-9-5-10-18-25)31(38-33)27-21-13-7-14-22-27)34-37-30(26-19-11-6-12-20-26)32(39-34)28-23-15-8-16-24-28/h5-24,29-32H,3-4H2,1-2H3. The summed E-state index contributed by atoms with van der Waals surface area (Å²) >= 11 is 0. The molecule has 2 aliphatic rings. The molecule has 0 amide bonds. The van der Waals surface area contributed by atoms with Gasteiger partial charge in [-0.25, -0.2) is 9.98 Å². The van der Waals surface area contributed by atoms with Crippen LogP contribution >= 0.6 is 0 Å². The SMILES string of the molecule is CCC(CC)(C1=NC(c2ccccc2)C(c2ccccc2)O1)C1=NC(c2ccccc2)C(c2ccccc2)O1. The van der Waals surface area contributed by atoms with Crippen molar-refractivity contribution < 1.29 is 9.47 Å². The molecule has 4 atom stereocenters. The zero-order valence-electron chi connectivity index (χ0n) is 22.5. The highest BCUT2D eigenvalue weighted by Gasteiger charge is 2.51. The van der Waals surface area contributed by atoms with Crippen LogP contribution in [0.15, 0.2) is 131 Å². The van der Waals surface area contributed by atoms with Crippen molar-refractivity contribution >= 4 is 11.8 Å². The molecule has 2 aliphatic heterocycles. The van der Waals surface area contributed by atoms with Crippen LogP contribution in [0.5, 0.6) is 0 Å². The Bertz CT molecular complexity index is 1320. The van der Waals surface area contributed by atoms with Crippen molar-refractivity contribution in [2.24, 2.45) is 15.4 Å². The fourth-order valence-electron chi connectivity index (χ4n) is 5.82. The number of nitrogens with zero attached hydrogens (tertiary/aromatic N) is 2. The van der Waals surface area contributed by atoms with Gasteiger partial charge in [-0.2, -0.15) is 0 Å². The lowest BCUT2D eigenvalue weighted by Crippen LogP contribution is -2.39. The maximum Gasteiger partial charge on any atom is 0.200 e. The van der Waals surface area contributed by atoms with Gasteiger partial charge in [0.15, 0.2) is 12.2 Å². The lowest BCUT2D eigenvalue weighted by atomic mass is 9.81. The summed E-state index contributed by atoms with van der Waals surface area (Å²) < 4.78 is 13.7. The van der Waals surface area contributed by atoms with Gasteiger partial charge < -0.3 is 9.47 Å². The van der Waals surface area contributed by atoms with Gasteiger partial charge in [-0.05, 0) is 35.1 Å². The minimum atomic E-state index is -0.562. The number of hydrogen-bond donors (Lipinski definition) is 0. The molecular formula is C35H34N2O2. The minimum absolute atomic E-state index is 0.141. The van der Waals surface area contributed by atoms with Gasteiger partial charge in [-0.15, -0.1) is 0 Å². The lowest BCUT2D eigenvalue weighted by Gasteiger charge is -2.31. The zero-order chi connectivity index (χ0) is 26.7. The van der Waals surface area contributed by atoms with Crippen LogP contribution in [0, 0.1) is 5.41 Å². The summed E-state index contributed by atoms with van der Waals surface area (Å²) in [5.41, 5.74) is 3.95. The van der Waals surface area contributed by atoms with Crippen LogP contribution in [-0.4, -0.2) is 11.8 Å². The molecule has 39 heavy (non-hydrogen) atoms. The van der Waals surface area contributed by atoms with Crippen LogP contribution in [0.4, 0.5) is 0 Å². The van der Waals surface area contributed by atoms with E-state index in [1.54, 1.807) is 0 Å². The predicted molar refractivity (Wildman–Crippen MR) is 157 cm³/mol. The maximum atomic E-state index is 6.85. The molecule has 4 unspecified atom stereocenters.